The van der Waals surface area contributed by atoms with Crippen molar-refractivity contribution >= 4 is 10.9 Å². The number of nitrogens with zero attached hydrogens (tertiary/aromatic N) is 2. The average molecular weight is 332 g/mol. The summed E-state index contributed by atoms with van der Waals surface area (Å²) in [5.41, 5.74) is 2.92. The Morgan fingerprint density at radius 3 is 2.68 bits per heavy atom. The number of hydrogen-bond donors (Lipinski definition) is 0. The summed E-state index contributed by atoms with van der Waals surface area (Å²) < 4.78 is 12.4. The van der Waals surface area contributed by atoms with Crippen molar-refractivity contribution in [3.05, 3.63) is 77.2 Å². The van der Waals surface area contributed by atoms with E-state index in [4.69, 9.17) is 9.15 Å². The zero-order valence-corrected chi connectivity index (χ0v) is 13.9. The van der Waals surface area contributed by atoms with Gasteiger partial charge in [-0.1, -0.05) is 18.2 Å². The monoisotopic (exact) mass is 332 g/mol. The maximum atomic E-state index is 13.1. The fourth-order valence-electron chi connectivity index (χ4n) is 3.10. The van der Waals surface area contributed by atoms with E-state index in [-0.39, 0.29) is 5.56 Å². The van der Waals surface area contributed by atoms with Crippen LogP contribution in [0.15, 0.2) is 70.3 Å². The van der Waals surface area contributed by atoms with E-state index < -0.39 is 0 Å². The summed E-state index contributed by atoms with van der Waals surface area (Å²) in [7, 11) is 1.61. The number of aromatic nitrogens is 2. The lowest BCUT2D eigenvalue weighted by Gasteiger charge is -2.16. The van der Waals surface area contributed by atoms with Gasteiger partial charge in [-0.3, -0.25) is 9.36 Å². The van der Waals surface area contributed by atoms with Gasteiger partial charge in [0.1, 0.15) is 11.6 Å². The number of para-hydroxylation sites is 1. The minimum absolute atomic E-state index is 0.110. The predicted molar refractivity (Wildman–Crippen MR) is 96.3 cm³/mol. The Bertz CT molecular complexity index is 1110. The van der Waals surface area contributed by atoms with Crippen molar-refractivity contribution in [2.24, 2.45) is 0 Å². The molecule has 124 valence electrons. The van der Waals surface area contributed by atoms with Gasteiger partial charge in [-0.2, -0.15) is 0 Å². The molecule has 2 aromatic heterocycles. The normalized spacial score (nSPS) is 11.0. The lowest BCUT2D eigenvalue weighted by Crippen LogP contribution is -2.23. The molecule has 2 heterocycles. The molecule has 5 nitrogen and oxygen atoms in total. The second kappa shape index (κ2) is 5.94. The van der Waals surface area contributed by atoms with E-state index >= 15 is 0 Å². The summed E-state index contributed by atoms with van der Waals surface area (Å²) in [5, 5.41) is 0.578. The smallest absolute Gasteiger partial charge is 0.265 e. The molecule has 0 N–H and O–H groups in total. The van der Waals surface area contributed by atoms with Crippen LogP contribution in [0.2, 0.25) is 0 Å². The van der Waals surface area contributed by atoms with Crippen LogP contribution < -0.4 is 10.3 Å². The van der Waals surface area contributed by atoms with Gasteiger partial charge in [0, 0.05) is 5.56 Å². The molecule has 0 atom stereocenters. The van der Waals surface area contributed by atoms with Crippen molar-refractivity contribution in [1.82, 2.24) is 9.55 Å². The molecule has 0 aliphatic heterocycles. The number of hydrogen-bond acceptors (Lipinski definition) is 4. The van der Waals surface area contributed by atoms with Gasteiger partial charge in [-0.15, -0.1) is 0 Å². The van der Waals surface area contributed by atoms with Crippen LogP contribution in [0.3, 0.4) is 0 Å². The van der Waals surface area contributed by atoms with E-state index in [1.54, 1.807) is 30.3 Å². The molecule has 4 rings (SSSR count). The first kappa shape index (κ1) is 15.2. The molecule has 0 aliphatic carbocycles. The average Bonchev–Trinajstić information content (AvgIpc) is 3.15. The van der Waals surface area contributed by atoms with Gasteiger partial charge in [0.2, 0.25) is 0 Å². The zero-order valence-electron chi connectivity index (χ0n) is 13.9. The largest absolute Gasteiger partial charge is 0.496 e. The number of aryl methyl sites for hydroxylation is 1. The molecule has 0 saturated heterocycles. The number of ether oxygens (including phenoxy) is 1. The standard InChI is InChI=1S/C20H16N2O3/c1-13-21-16-7-4-3-6-15(16)20(23)22(13)17-8-5-9-18(24-2)19(17)14-10-11-25-12-14/h3-12H,1-2H3. The molecule has 0 bridgehead atoms. The minimum atomic E-state index is -0.110. The van der Waals surface area contributed by atoms with Gasteiger partial charge in [0.15, 0.2) is 0 Å². The fourth-order valence-corrected chi connectivity index (χ4v) is 3.10. The lowest BCUT2D eigenvalue weighted by molar-refractivity contribution is 0.416. The molecule has 2 aromatic carbocycles. The molecule has 0 amide bonds. The number of fused-ring (bicyclic) bond motifs is 1. The third kappa shape index (κ3) is 2.41. The van der Waals surface area contributed by atoms with Crippen molar-refractivity contribution in [1.29, 1.82) is 0 Å². The van der Waals surface area contributed by atoms with Crippen LogP contribution in [0, 0.1) is 6.92 Å². The molecule has 4 aromatic rings. The summed E-state index contributed by atoms with van der Waals surface area (Å²) in [6.45, 7) is 1.83. The van der Waals surface area contributed by atoms with Crippen LogP contribution >= 0.6 is 0 Å². The van der Waals surface area contributed by atoms with E-state index in [0.717, 1.165) is 11.1 Å². The first-order valence-corrected chi connectivity index (χ1v) is 7.89. The molecular weight excluding hydrogens is 316 g/mol. The molecule has 0 spiro atoms. The van der Waals surface area contributed by atoms with Gasteiger partial charge >= 0.3 is 0 Å². The summed E-state index contributed by atoms with van der Waals surface area (Å²) in [5.74, 6) is 1.28. The summed E-state index contributed by atoms with van der Waals surface area (Å²) in [6.07, 6.45) is 3.23. The van der Waals surface area contributed by atoms with E-state index in [0.29, 0.717) is 28.2 Å². The molecule has 0 radical (unpaired) electrons. The Balaban J connectivity index is 2.10. The first-order chi connectivity index (χ1) is 12.2. The Morgan fingerprint density at radius 2 is 1.92 bits per heavy atom. The Labute approximate surface area is 144 Å². The molecular formula is C20H16N2O3. The SMILES string of the molecule is COc1cccc(-n2c(C)nc3ccccc3c2=O)c1-c1ccoc1. The van der Waals surface area contributed by atoms with E-state index in [1.807, 2.05) is 49.4 Å². The first-order valence-electron chi connectivity index (χ1n) is 7.89. The van der Waals surface area contributed by atoms with Crippen molar-refractivity contribution in [2.75, 3.05) is 7.11 Å². The third-order valence-electron chi connectivity index (χ3n) is 4.22. The van der Waals surface area contributed by atoms with Crippen LogP contribution in [0.4, 0.5) is 0 Å². The van der Waals surface area contributed by atoms with E-state index in [1.165, 1.54) is 0 Å². The van der Waals surface area contributed by atoms with Crippen molar-refractivity contribution in [3.63, 3.8) is 0 Å². The Kier molecular flexibility index (Phi) is 3.61. The van der Waals surface area contributed by atoms with E-state index in [9.17, 15) is 4.79 Å². The van der Waals surface area contributed by atoms with Crippen molar-refractivity contribution < 1.29 is 9.15 Å². The molecule has 0 aliphatic rings. The third-order valence-corrected chi connectivity index (χ3v) is 4.22. The van der Waals surface area contributed by atoms with Crippen molar-refractivity contribution in [2.45, 2.75) is 6.92 Å². The number of benzene rings is 2. The number of methoxy groups -OCH3 is 1. The van der Waals surface area contributed by atoms with Crippen LogP contribution in [0.1, 0.15) is 5.82 Å². The second-order valence-corrected chi connectivity index (χ2v) is 5.68. The highest BCUT2D eigenvalue weighted by Gasteiger charge is 2.18. The minimum Gasteiger partial charge on any atom is -0.496 e. The number of rotatable bonds is 3. The predicted octanol–water partition coefficient (Wildman–Crippen LogP) is 3.96. The summed E-state index contributed by atoms with van der Waals surface area (Å²) >= 11 is 0. The molecule has 5 heteroatoms. The maximum absolute atomic E-state index is 13.1. The van der Waals surface area contributed by atoms with Crippen LogP contribution in [-0.2, 0) is 0 Å². The zero-order chi connectivity index (χ0) is 17.4. The lowest BCUT2D eigenvalue weighted by atomic mass is 10.0. The fraction of sp³-hybridized carbons (Fsp3) is 0.100. The maximum Gasteiger partial charge on any atom is 0.265 e. The van der Waals surface area contributed by atoms with E-state index in [2.05, 4.69) is 4.98 Å². The summed E-state index contributed by atoms with van der Waals surface area (Å²) in [6, 6.07) is 14.8. The van der Waals surface area contributed by atoms with Gasteiger partial charge in [0.05, 0.1) is 41.8 Å². The van der Waals surface area contributed by atoms with Gasteiger partial charge in [-0.25, -0.2) is 4.98 Å². The Morgan fingerprint density at radius 1 is 1.08 bits per heavy atom. The van der Waals surface area contributed by atoms with Gasteiger partial charge in [0.25, 0.3) is 5.56 Å². The second-order valence-electron chi connectivity index (χ2n) is 5.68. The van der Waals surface area contributed by atoms with Gasteiger partial charge in [-0.05, 0) is 37.3 Å². The molecule has 25 heavy (non-hydrogen) atoms. The molecule has 0 saturated carbocycles. The topological polar surface area (TPSA) is 57.3 Å². The molecule has 0 fully saturated rings. The molecule has 0 unspecified atom stereocenters. The van der Waals surface area contributed by atoms with Crippen LogP contribution in [-0.4, -0.2) is 16.7 Å². The number of furan rings is 1. The summed E-state index contributed by atoms with van der Waals surface area (Å²) in [4.78, 5) is 17.7. The highest BCUT2D eigenvalue weighted by atomic mass is 16.5. The highest BCUT2D eigenvalue weighted by molar-refractivity contribution is 5.81. The quantitative estimate of drug-likeness (QED) is 0.570. The highest BCUT2D eigenvalue weighted by Crippen LogP contribution is 2.35. The van der Waals surface area contributed by atoms with Crippen LogP contribution in [0.25, 0.3) is 27.7 Å². The van der Waals surface area contributed by atoms with Crippen LogP contribution in [0.5, 0.6) is 5.75 Å². The van der Waals surface area contributed by atoms with Gasteiger partial charge < -0.3 is 9.15 Å². The Hall–Kier alpha value is -3.34. The van der Waals surface area contributed by atoms with Crippen molar-refractivity contribution in [3.8, 4) is 22.6 Å².